The molecule has 5 rings (SSSR count). The van der Waals surface area contributed by atoms with E-state index in [-0.39, 0.29) is 11.8 Å². The average molecular weight is 572 g/mol. The minimum Gasteiger partial charge on any atom is -0.342 e. The molecule has 0 spiro atoms. The zero-order valence-corrected chi connectivity index (χ0v) is 24.4. The molecule has 0 unspecified atom stereocenters. The summed E-state index contributed by atoms with van der Waals surface area (Å²) in [7, 11) is 0. The number of hydrogen-bond acceptors (Lipinski definition) is 4. The van der Waals surface area contributed by atoms with Crippen molar-refractivity contribution < 1.29 is 9.59 Å². The number of hydrogen-bond donors (Lipinski definition) is 1. The number of amides is 2. The molecule has 0 aliphatic carbocycles. The Balaban J connectivity index is 1.30. The highest BCUT2D eigenvalue weighted by molar-refractivity contribution is 6.31. The van der Waals surface area contributed by atoms with E-state index in [0.29, 0.717) is 31.1 Å². The quantitative estimate of drug-likeness (QED) is 0.267. The number of rotatable bonds is 7. The topological polar surface area (TPSA) is 72.5 Å². The van der Waals surface area contributed by atoms with Crippen molar-refractivity contribution in [1.29, 1.82) is 0 Å². The first-order valence-corrected chi connectivity index (χ1v) is 14.9. The zero-order chi connectivity index (χ0) is 28.6. The Morgan fingerprint density at radius 3 is 2.54 bits per heavy atom. The normalized spacial score (nSPS) is 15.0. The number of aromatic nitrogens is 2. The summed E-state index contributed by atoms with van der Waals surface area (Å²) in [4.78, 5) is 40.6. The van der Waals surface area contributed by atoms with Gasteiger partial charge in [0.15, 0.2) is 0 Å². The Hall–Kier alpha value is -3.68. The number of halogens is 1. The lowest BCUT2D eigenvalue weighted by atomic mass is 10.1. The Bertz CT molecular complexity index is 1440. The number of unbranched alkanes of at least 4 members (excludes halogenated alkanes) is 1. The van der Waals surface area contributed by atoms with Crippen LogP contribution in [-0.4, -0.2) is 57.8 Å². The van der Waals surface area contributed by atoms with E-state index in [2.05, 4.69) is 39.1 Å². The van der Waals surface area contributed by atoms with Gasteiger partial charge in [0.05, 0.1) is 16.7 Å². The maximum Gasteiger partial charge on any atom is 0.223 e. The molecule has 1 aliphatic rings. The van der Waals surface area contributed by atoms with E-state index in [4.69, 9.17) is 11.6 Å². The summed E-state index contributed by atoms with van der Waals surface area (Å²) in [6.45, 7) is 5.66. The number of para-hydroxylation sites is 2. The summed E-state index contributed by atoms with van der Waals surface area (Å²) in [5, 5.41) is 0.582. The third-order valence-corrected chi connectivity index (χ3v) is 7.95. The van der Waals surface area contributed by atoms with Gasteiger partial charge in [-0.25, -0.2) is 4.98 Å². The molecule has 1 N–H and O–H groups in total. The van der Waals surface area contributed by atoms with E-state index in [9.17, 15) is 9.59 Å². The first-order valence-electron chi connectivity index (χ1n) is 14.5. The molecule has 41 heavy (non-hydrogen) atoms. The number of carbonyl (C=O) groups is 2. The zero-order valence-electron chi connectivity index (χ0n) is 23.7. The SMILES string of the molecule is CC(=O)N1CCCN(Cc2ccccc2)CCN(C(=O)CCCCc2nc3ccccc3[nH]2)Cc2ccc(Cl)cc21. The second-order valence-electron chi connectivity index (χ2n) is 10.8. The van der Waals surface area contributed by atoms with E-state index >= 15 is 0 Å². The maximum atomic E-state index is 13.6. The van der Waals surface area contributed by atoms with Crippen LogP contribution in [0.1, 0.15) is 49.6 Å². The van der Waals surface area contributed by atoms with Crippen LogP contribution < -0.4 is 4.90 Å². The molecule has 1 aliphatic heterocycles. The van der Waals surface area contributed by atoms with Gasteiger partial charge in [0.1, 0.15) is 5.82 Å². The van der Waals surface area contributed by atoms with Gasteiger partial charge in [-0.15, -0.1) is 0 Å². The van der Waals surface area contributed by atoms with Gasteiger partial charge in [-0.1, -0.05) is 60.1 Å². The van der Waals surface area contributed by atoms with E-state index in [0.717, 1.165) is 73.4 Å². The summed E-state index contributed by atoms with van der Waals surface area (Å²) in [6, 6.07) is 24.1. The number of anilines is 1. The number of carbonyl (C=O) groups excluding carboxylic acids is 2. The van der Waals surface area contributed by atoms with Crippen molar-refractivity contribution in [2.45, 2.75) is 52.1 Å². The lowest BCUT2D eigenvalue weighted by Gasteiger charge is -2.28. The van der Waals surface area contributed by atoms with Crippen LogP contribution in [-0.2, 0) is 29.1 Å². The number of nitrogens with zero attached hydrogens (tertiary/aromatic N) is 4. The molecule has 4 aromatic rings. The highest BCUT2D eigenvalue weighted by Gasteiger charge is 2.23. The van der Waals surface area contributed by atoms with Gasteiger partial charge in [-0.2, -0.15) is 0 Å². The van der Waals surface area contributed by atoms with Crippen molar-refractivity contribution in [3.8, 4) is 0 Å². The van der Waals surface area contributed by atoms with Gasteiger partial charge in [-0.3, -0.25) is 14.5 Å². The molecule has 0 bridgehead atoms. The Morgan fingerprint density at radius 2 is 1.73 bits per heavy atom. The predicted octanol–water partition coefficient (Wildman–Crippen LogP) is 6.22. The molecule has 0 atom stereocenters. The molecule has 3 aromatic carbocycles. The van der Waals surface area contributed by atoms with E-state index in [1.165, 1.54) is 5.56 Å². The van der Waals surface area contributed by atoms with Crippen molar-refractivity contribution in [2.75, 3.05) is 31.1 Å². The number of imidazole rings is 1. The number of benzene rings is 3. The molecule has 0 saturated carbocycles. The Kier molecular flexibility index (Phi) is 9.70. The number of aryl methyl sites for hydroxylation is 1. The summed E-state index contributed by atoms with van der Waals surface area (Å²) >= 11 is 6.38. The van der Waals surface area contributed by atoms with Crippen molar-refractivity contribution in [3.63, 3.8) is 0 Å². The molecule has 214 valence electrons. The third kappa shape index (κ3) is 7.75. The number of aromatic amines is 1. The van der Waals surface area contributed by atoms with Crippen molar-refractivity contribution in [2.24, 2.45) is 0 Å². The minimum atomic E-state index is -0.0224. The van der Waals surface area contributed by atoms with Gasteiger partial charge in [0.25, 0.3) is 0 Å². The molecule has 7 nitrogen and oxygen atoms in total. The van der Waals surface area contributed by atoms with Gasteiger partial charge in [0, 0.05) is 64.1 Å². The monoisotopic (exact) mass is 571 g/mol. The molecule has 2 heterocycles. The minimum absolute atomic E-state index is 0.0224. The largest absolute Gasteiger partial charge is 0.342 e. The van der Waals surface area contributed by atoms with Gasteiger partial charge >= 0.3 is 0 Å². The highest BCUT2D eigenvalue weighted by Crippen LogP contribution is 2.28. The molecule has 0 saturated heterocycles. The molecule has 1 aromatic heterocycles. The summed E-state index contributed by atoms with van der Waals surface area (Å²) in [6.07, 6.45) is 3.77. The fraction of sp³-hybridized carbons (Fsp3) is 0.364. The van der Waals surface area contributed by atoms with E-state index in [1.54, 1.807) is 6.92 Å². The van der Waals surface area contributed by atoms with Gasteiger partial charge in [-0.05, 0) is 54.7 Å². The van der Waals surface area contributed by atoms with Crippen LogP contribution in [0.2, 0.25) is 5.02 Å². The highest BCUT2D eigenvalue weighted by atomic mass is 35.5. The van der Waals surface area contributed by atoms with Crippen LogP contribution >= 0.6 is 11.6 Å². The summed E-state index contributed by atoms with van der Waals surface area (Å²) in [5.74, 6) is 1.07. The fourth-order valence-electron chi connectivity index (χ4n) is 5.54. The third-order valence-electron chi connectivity index (χ3n) is 7.72. The van der Waals surface area contributed by atoms with Crippen LogP contribution in [0, 0.1) is 0 Å². The van der Waals surface area contributed by atoms with Crippen molar-refractivity contribution >= 4 is 40.1 Å². The molecule has 2 amide bonds. The second-order valence-corrected chi connectivity index (χ2v) is 11.2. The summed E-state index contributed by atoms with van der Waals surface area (Å²) in [5.41, 5.74) is 4.99. The van der Waals surface area contributed by atoms with E-state index < -0.39 is 0 Å². The molecular formula is C33H38ClN5O2. The maximum absolute atomic E-state index is 13.6. The average Bonchev–Trinajstić information content (AvgIpc) is 3.38. The van der Waals surface area contributed by atoms with Crippen LogP contribution in [0.3, 0.4) is 0 Å². The summed E-state index contributed by atoms with van der Waals surface area (Å²) < 4.78 is 0. The van der Waals surface area contributed by atoms with Gasteiger partial charge in [0.2, 0.25) is 11.8 Å². The Morgan fingerprint density at radius 1 is 0.927 bits per heavy atom. The number of fused-ring (bicyclic) bond motifs is 2. The molecule has 8 heteroatoms. The molecular weight excluding hydrogens is 534 g/mol. The predicted molar refractivity (Wildman–Crippen MR) is 165 cm³/mol. The van der Waals surface area contributed by atoms with Crippen LogP contribution in [0.5, 0.6) is 0 Å². The standard InChI is InChI=1S/C33H38ClN5O2/c1-25(40)39-19-9-18-37(23-26-10-3-2-4-11-26)20-21-38(24-27-16-17-28(34)22-31(27)39)33(41)15-8-7-14-32-35-29-12-5-6-13-30(29)36-32/h2-6,10-13,16-17,22H,7-9,14-15,18-21,23-24H2,1H3,(H,35,36). The Labute approximate surface area is 247 Å². The second kappa shape index (κ2) is 13.8. The van der Waals surface area contributed by atoms with Crippen LogP contribution in [0.25, 0.3) is 11.0 Å². The van der Waals surface area contributed by atoms with Crippen LogP contribution in [0.4, 0.5) is 5.69 Å². The fourth-order valence-corrected chi connectivity index (χ4v) is 5.71. The van der Waals surface area contributed by atoms with Crippen molar-refractivity contribution in [1.82, 2.24) is 19.8 Å². The van der Waals surface area contributed by atoms with Crippen molar-refractivity contribution in [3.05, 3.63) is 94.8 Å². The number of nitrogens with one attached hydrogen (secondary N) is 1. The first kappa shape index (κ1) is 28.8. The van der Waals surface area contributed by atoms with Gasteiger partial charge < -0.3 is 14.8 Å². The van der Waals surface area contributed by atoms with Crippen LogP contribution in [0.15, 0.2) is 72.8 Å². The number of H-pyrrole nitrogens is 1. The lowest BCUT2D eigenvalue weighted by molar-refractivity contribution is -0.132. The molecule has 0 fully saturated rings. The first-order chi connectivity index (χ1) is 20.0. The lowest BCUT2D eigenvalue weighted by Crippen LogP contribution is -2.38. The smallest absolute Gasteiger partial charge is 0.223 e. The van der Waals surface area contributed by atoms with E-state index in [1.807, 2.05) is 58.3 Å². The molecule has 0 radical (unpaired) electrons.